The van der Waals surface area contributed by atoms with Gasteiger partial charge in [-0.1, -0.05) is 0 Å². The SMILES string of the molecule is CCn1ccnc1-n1cc(C(=O)O)c(C(F)(F)F)c1. The van der Waals surface area contributed by atoms with Crippen LogP contribution in [0.15, 0.2) is 24.8 Å². The standard InChI is InChI=1S/C11H10F3N3O2/c1-2-16-4-3-15-10(16)17-5-7(9(18)19)8(6-17)11(12,13)14/h3-6H,2H2,1H3,(H,18,19). The second-order valence-corrected chi connectivity index (χ2v) is 3.81. The highest BCUT2D eigenvalue weighted by atomic mass is 19.4. The zero-order valence-electron chi connectivity index (χ0n) is 9.85. The van der Waals surface area contributed by atoms with Crippen molar-refractivity contribution < 1.29 is 23.1 Å². The Balaban J connectivity index is 2.59. The van der Waals surface area contributed by atoms with Crippen molar-refractivity contribution >= 4 is 5.97 Å². The Hall–Kier alpha value is -2.25. The summed E-state index contributed by atoms with van der Waals surface area (Å²) in [6, 6.07) is 0. The van der Waals surface area contributed by atoms with Gasteiger partial charge in [-0.05, 0) is 6.92 Å². The molecule has 8 heteroatoms. The van der Waals surface area contributed by atoms with E-state index in [0.29, 0.717) is 6.54 Å². The van der Waals surface area contributed by atoms with E-state index in [9.17, 15) is 18.0 Å². The first kappa shape index (κ1) is 13.2. The predicted octanol–water partition coefficient (Wildman–Crippen LogP) is 2.41. The summed E-state index contributed by atoms with van der Waals surface area (Å²) in [7, 11) is 0. The molecular weight excluding hydrogens is 263 g/mol. The molecule has 2 heterocycles. The first-order valence-corrected chi connectivity index (χ1v) is 5.38. The van der Waals surface area contributed by atoms with Gasteiger partial charge in [-0.3, -0.25) is 4.57 Å². The van der Waals surface area contributed by atoms with Gasteiger partial charge in [0.2, 0.25) is 5.95 Å². The van der Waals surface area contributed by atoms with Gasteiger partial charge in [-0.25, -0.2) is 9.78 Å². The fraction of sp³-hybridized carbons (Fsp3) is 0.273. The number of carboxylic acid groups (broad SMARTS) is 1. The average Bonchev–Trinajstić information content (AvgIpc) is 2.93. The Morgan fingerprint density at radius 2 is 2.11 bits per heavy atom. The van der Waals surface area contributed by atoms with Crippen LogP contribution < -0.4 is 0 Å². The Morgan fingerprint density at radius 1 is 1.42 bits per heavy atom. The molecular formula is C11H10F3N3O2. The summed E-state index contributed by atoms with van der Waals surface area (Å²) < 4.78 is 40.9. The molecule has 102 valence electrons. The van der Waals surface area contributed by atoms with E-state index in [2.05, 4.69) is 4.98 Å². The molecule has 0 aromatic carbocycles. The maximum atomic E-state index is 12.7. The predicted molar refractivity (Wildman–Crippen MR) is 59.2 cm³/mol. The summed E-state index contributed by atoms with van der Waals surface area (Å²) in [6.45, 7) is 2.31. The zero-order chi connectivity index (χ0) is 14.2. The maximum absolute atomic E-state index is 12.7. The van der Waals surface area contributed by atoms with Crippen molar-refractivity contribution in [2.75, 3.05) is 0 Å². The molecule has 0 saturated heterocycles. The summed E-state index contributed by atoms with van der Waals surface area (Å²) in [5.74, 6) is -1.39. The van der Waals surface area contributed by atoms with Gasteiger partial charge in [0.05, 0.1) is 11.1 Å². The zero-order valence-corrected chi connectivity index (χ0v) is 9.85. The summed E-state index contributed by atoms with van der Waals surface area (Å²) in [5.41, 5.74) is -1.98. The molecule has 0 amide bonds. The van der Waals surface area contributed by atoms with Crippen molar-refractivity contribution in [2.45, 2.75) is 19.6 Å². The fourth-order valence-electron chi connectivity index (χ4n) is 1.75. The van der Waals surface area contributed by atoms with Crippen LogP contribution in [0.5, 0.6) is 0 Å². The molecule has 2 aromatic heterocycles. The molecule has 0 aliphatic heterocycles. The Bertz CT molecular complexity index is 613. The van der Waals surface area contributed by atoms with E-state index in [1.807, 2.05) is 0 Å². The number of carbonyl (C=O) groups is 1. The Labute approximate surface area is 105 Å². The summed E-state index contributed by atoms with van der Waals surface area (Å²) in [4.78, 5) is 14.8. The fourth-order valence-corrected chi connectivity index (χ4v) is 1.75. The van der Waals surface area contributed by atoms with Crippen LogP contribution in [-0.2, 0) is 12.7 Å². The number of hydrogen-bond donors (Lipinski definition) is 1. The molecule has 0 bridgehead atoms. The molecule has 1 N–H and O–H groups in total. The van der Waals surface area contributed by atoms with Gasteiger partial charge < -0.3 is 9.67 Å². The average molecular weight is 273 g/mol. The molecule has 2 rings (SSSR count). The van der Waals surface area contributed by atoms with Gasteiger partial charge in [0.1, 0.15) is 0 Å². The first-order valence-electron chi connectivity index (χ1n) is 5.38. The lowest BCUT2D eigenvalue weighted by molar-refractivity contribution is -0.138. The lowest BCUT2D eigenvalue weighted by Crippen LogP contribution is -2.09. The van der Waals surface area contributed by atoms with E-state index in [1.54, 1.807) is 17.7 Å². The Kier molecular flexibility index (Phi) is 3.09. The number of carboxylic acids is 1. The summed E-state index contributed by atoms with van der Waals surface area (Å²) >= 11 is 0. The minimum atomic E-state index is -4.72. The number of alkyl halides is 3. The highest BCUT2D eigenvalue weighted by Gasteiger charge is 2.37. The minimum Gasteiger partial charge on any atom is -0.478 e. The van der Waals surface area contributed by atoms with Crippen molar-refractivity contribution in [1.29, 1.82) is 0 Å². The molecule has 0 unspecified atom stereocenters. The van der Waals surface area contributed by atoms with Crippen molar-refractivity contribution in [1.82, 2.24) is 14.1 Å². The van der Waals surface area contributed by atoms with E-state index in [4.69, 9.17) is 5.11 Å². The van der Waals surface area contributed by atoms with Gasteiger partial charge in [-0.2, -0.15) is 13.2 Å². The molecule has 0 radical (unpaired) electrons. The van der Waals surface area contributed by atoms with Crippen LogP contribution in [0.1, 0.15) is 22.8 Å². The van der Waals surface area contributed by atoms with Gasteiger partial charge in [0.15, 0.2) is 0 Å². The van der Waals surface area contributed by atoms with E-state index < -0.39 is 23.3 Å². The number of aromatic nitrogens is 3. The topological polar surface area (TPSA) is 60.0 Å². The Morgan fingerprint density at radius 3 is 2.58 bits per heavy atom. The molecule has 0 spiro atoms. The number of nitrogens with zero attached hydrogens (tertiary/aromatic N) is 3. The second kappa shape index (κ2) is 4.45. The van der Waals surface area contributed by atoms with Crippen molar-refractivity contribution in [3.63, 3.8) is 0 Å². The molecule has 0 atom stereocenters. The summed E-state index contributed by atoms with van der Waals surface area (Å²) in [6.07, 6.45) is -0.0320. The number of halogens is 3. The van der Waals surface area contributed by atoms with Crippen LogP contribution in [0.4, 0.5) is 13.2 Å². The normalized spacial score (nSPS) is 11.8. The first-order chi connectivity index (χ1) is 8.84. The third-order valence-electron chi connectivity index (χ3n) is 2.63. The number of imidazole rings is 1. The van der Waals surface area contributed by atoms with E-state index in [0.717, 1.165) is 17.0 Å². The molecule has 0 fully saturated rings. The lowest BCUT2D eigenvalue weighted by atomic mass is 10.2. The highest BCUT2D eigenvalue weighted by molar-refractivity contribution is 5.89. The smallest absolute Gasteiger partial charge is 0.418 e. The van der Waals surface area contributed by atoms with Crippen LogP contribution in [0.2, 0.25) is 0 Å². The van der Waals surface area contributed by atoms with E-state index in [-0.39, 0.29) is 5.95 Å². The molecule has 0 aliphatic rings. The monoisotopic (exact) mass is 273 g/mol. The molecule has 5 nitrogen and oxygen atoms in total. The third-order valence-corrected chi connectivity index (χ3v) is 2.63. The molecule has 2 aromatic rings. The van der Waals surface area contributed by atoms with E-state index in [1.165, 1.54) is 6.20 Å². The molecule has 0 saturated carbocycles. The minimum absolute atomic E-state index is 0.237. The van der Waals surface area contributed by atoms with Gasteiger partial charge in [-0.15, -0.1) is 0 Å². The van der Waals surface area contributed by atoms with Crippen LogP contribution in [-0.4, -0.2) is 25.2 Å². The number of hydrogen-bond acceptors (Lipinski definition) is 2. The van der Waals surface area contributed by atoms with Gasteiger partial charge >= 0.3 is 12.1 Å². The van der Waals surface area contributed by atoms with Gasteiger partial charge in [0, 0.05) is 31.3 Å². The van der Waals surface area contributed by atoms with Crippen LogP contribution in [0, 0.1) is 0 Å². The number of rotatable bonds is 3. The van der Waals surface area contributed by atoms with Crippen LogP contribution >= 0.6 is 0 Å². The van der Waals surface area contributed by atoms with Crippen molar-refractivity contribution in [3.05, 3.63) is 35.9 Å². The number of aromatic carboxylic acids is 1. The largest absolute Gasteiger partial charge is 0.478 e. The third kappa shape index (κ3) is 2.33. The number of aryl methyl sites for hydroxylation is 1. The van der Waals surface area contributed by atoms with Crippen molar-refractivity contribution in [3.8, 4) is 5.95 Å². The lowest BCUT2D eigenvalue weighted by Gasteiger charge is -2.05. The van der Waals surface area contributed by atoms with Crippen LogP contribution in [0.3, 0.4) is 0 Å². The van der Waals surface area contributed by atoms with E-state index >= 15 is 0 Å². The quantitative estimate of drug-likeness (QED) is 0.934. The second-order valence-electron chi connectivity index (χ2n) is 3.81. The molecule has 0 aliphatic carbocycles. The maximum Gasteiger partial charge on any atom is 0.418 e. The van der Waals surface area contributed by atoms with Gasteiger partial charge in [0.25, 0.3) is 0 Å². The highest BCUT2D eigenvalue weighted by Crippen LogP contribution is 2.33. The van der Waals surface area contributed by atoms with Crippen molar-refractivity contribution in [2.24, 2.45) is 0 Å². The molecule has 19 heavy (non-hydrogen) atoms. The summed E-state index contributed by atoms with van der Waals surface area (Å²) in [5, 5.41) is 8.83. The van der Waals surface area contributed by atoms with Crippen LogP contribution in [0.25, 0.3) is 5.95 Å².